The van der Waals surface area contributed by atoms with E-state index in [1.165, 1.54) is 5.56 Å². The number of carbonyl (C=O) groups excluding carboxylic acids is 2. The Morgan fingerprint density at radius 2 is 1.35 bits per heavy atom. The van der Waals surface area contributed by atoms with Gasteiger partial charge in [-0.05, 0) is 116 Å². The molecule has 48 heavy (non-hydrogen) atoms. The Bertz CT molecular complexity index is 1950. The van der Waals surface area contributed by atoms with Crippen molar-refractivity contribution in [2.75, 3.05) is 13.1 Å². The van der Waals surface area contributed by atoms with Crippen molar-refractivity contribution in [3.63, 3.8) is 0 Å². The van der Waals surface area contributed by atoms with Crippen LogP contribution >= 0.6 is 0 Å². The van der Waals surface area contributed by atoms with Crippen LogP contribution in [-0.4, -0.2) is 66.2 Å². The molecule has 4 aromatic rings. The standard InChI is InChI=1S/C38H44N6O4/c1-37(2,3)47-35(45)43-19-7-9-30(43)33-39-27-17-14-24(22-29(27)41-33)12-11-23-13-16-26-25(21-23)15-18-28-32(26)42-34(40-28)31-10-8-20-44(31)36(46)48-38(4,5)6/h13-14,16-17,21-22,30-31H,7-10,15,18-20H2,1-6H3,(H,39,41)(H,40,42)/t30-,31-/m0/s1. The molecule has 0 bridgehead atoms. The lowest BCUT2D eigenvalue weighted by Gasteiger charge is -2.27. The molecule has 4 heterocycles. The SMILES string of the molecule is CC(C)(C)OC(=O)N1CCC[C@H]1c1nc2c([nH]1)-c1ccc(C#Cc3ccc4nc([C@@H]5CCCN5C(=O)OC(C)(C)C)[nH]c4c3)cc1CC2. The Labute approximate surface area is 281 Å². The van der Waals surface area contributed by atoms with Crippen molar-refractivity contribution in [2.24, 2.45) is 0 Å². The van der Waals surface area contributed by atoms with E-state index in [9.17, 15) is 9.59 Å². The minimum atomic E-state index is -0.544. The quantitative estimate of drug-likeness (QED) is 0.216. The maximum Gasteiger partial charge on any atom is 0.410 e. The Morgan fingerprint density at radius 1 is 0.771 bits per heavy atom. The molecule has 2 amide bonds. The number of aromatic amines is 2. The smallest absolute Gasteiger partial charge is 0.410 e. The van der Waals surface area contributed by atoms with Crippen LogP contribution in [-0.2, 0) is 22.3 Å². The first-order valence-corrected chi connectivity index (χ1v) is 17.0. The van der Waals surface area contributed by atoms with E-state index in [-0.39, 0.29) is 24.3 Å². The van der Waals surface area contributed by atoms with Crippen LogP contribution in [0.5, 0.6) is 0 Å². The molecule has 2 aliphatic heterocycles. The molecule has 2 N–H and O–H groups in total. The molecule has 0 radical (unpaired) electrons. The maximum absolute atomic E-state index is 12.9. The molecule has 2 saturated heterocycles. The average Bonchev–Trinajstić information content (AvgIpc) is 3.82. The van der Waals surface area contributed by atoms with Gasteiger partial charge in [-0.15, -0.1) is 0 Å². The zero-order chi connectivity index (χ0) is 33.8. The third kappa shape index (κ3) is 6.51. The molecule has 3 aliphatic rings. The van der Waals surface area contributed by atoms with Gasteiger partial charge in [0, 0.05) is 29.8 Å². The first kappa shape index (κ1) is 31.8. The Kier molecular flexibility index (Phi) is 7.97. The number of likely N-dealkylation sites (tertiary alicyclic amines) is 2. The largest absolute Gasteiger partial charge is 0.444 e. The summed E-state index contributed by atoms with van der Waals surface area (Å²) in [7, 11) is 0. The number of benzene rings is 2. The number of fused-ring (bicyclic) bond motifs is 4. The van der Waals surface area contributed by atoms with Gasteiger partial charge in [0.2, 0.25) is 0 Å². The first-order chi connectivity index (χ1) is 22.8. The molecule has 2 atom stereocenters. The summed E-state index contributed by atoms with van der Waals surface area (Å²) >= 11 is 0. The van der Waals surface area contributed by atoms with E-state index >= 15 is 0 Å². The summed E-state index contributed by atoms with van der Waals surface area (Å²) in [6.45, 7) is 12.7. The second-order valence-corrected chi connectivity index (χ2v) is 15.1. The molecule has 2 aromatic carbocycles. The summed E-state index contributed by atoms with van der Waals surface area (Å²) in [5, 5.41) is 0. The van der Waals surface area contributed by atoms with Crippen molar-refractivity contribution in [2.45, 2.75) is 103 Å². The lowest BCUT2D eigenvalue weighted by atomic mass is 9.91. The lowest BCUT2D eigenvalue weighted by Crippen LogP contribution is -2.36. The van der Waals surface area contributed by atoms with Gasteiger partial charge >= 0.3 is 12.2 Å². The Hall–Kier alpha value is -4.78. The molecule has 10 nitrogen and oxygen atoms in total. The fourth-order valence-corrected chi connectivity index (χ4v) is 6.96. The van der Waals surface area contributed by atoms with Crippen molar-refractivity contribution in [3.05, 3.63) is 70.4 Å². The number of aromatic nitrogens is 4. The van der Waals surface area contributed by atoms with E-state index in [0.29, 0.717) is 13.1 Å². The molecule has 1 aliphatic carbocycles. The van der Waals surface area contributed by atoms with Gasteiger partial charge in [0.05, 0.1) is 34.5 Å². The highest BCUT2D eigenvalue weighted by Gasteiger charge is 2.37. The summed E-state index contributed by atoms with van der Waals surface area (Å²) in [6, 6.07) is 12.1. The summed E-state index contributed by atoms with van der Waals surface area (Å²) in [5.74, 6) is 8.30. The fourth-order valence-electron chi connectivity index (χ4n) is 6.96. The molecular formula is C38H44N6O4. The van der Waals surface area contributed by atoms with E-state index in [1.807, 2.05) is 64.6 Å². The van der Waals surface area contributed by atoms with Crippen molar-refractivity contribution >= 4 is 23.2 Å². The van der Waals surface area contributed by atoms with Crippen LogP contribution in [0.15, 0.2) is 36.4 Å². The number of carbonyl (C=O) groups is 2. The summed E-state index contributed by atoms with van der Waals surface area (Å²) < 4.78 is 11.3. The summed E-state index contributed by atoms with van der Waals surface area (Å²) in [5.41, 5.74) is 6.96. The minimum Gasteiger partial charge on any atom is -0.444 e. The molecule has 7 rings (SSSR count). The zero-order valence-corrected chi connectivity index (χ0v) is 28.7. The topological polar surface area (TPSA) is 116 Å². The fraction of sp³-hybridized carbons (Fsp3) is 0.474. The number of H-pyrrole nitrogens is 2. The molecule has 0 unspecified atom stereocenters. The number of hydrogen-bond donors (Lipinski definition) is 2. The number of imidazole rings is 2. The van der Waals surface area contributed by atoms with Crippen molar-refractivity contribution < 1.29 is 19.1 Å². The van der Waals surface area contributed by atoms with Gasteiger partial charge in [-0.1, -0.05) is 17.9 Å². The van der Waals surface area contributed by atoms with Crippen LogP contribution in [0.25, 0.3) is 22.3 Å². The highest BCUT2D eigenvalue weighted by molar-refractivity contribution is 5.78. The number of aryl methyl sites for hydroxylation is 2. The highest BCUT2D eigenvalue weighted by atomic mass is 16.6. The van der Waals surface area contributed by atoms with E-state index < -0.39 is 11.2 Å². The van der Waals surface area contributed by atoms with Crippen LogP contribution < -0.4 is 0 Å². The minimum absolute atomic E-state index is 0.107. The number of amides is 2. The highest BCUT2D eigenvalue weighted by Crippen LogP contribution is 2.38. The Morgan fingerprint density at radius 3 is 1.98 bits per heavy atom. The third-order valence-corrected chi connectivity index (χ3v) is 9.05. The average molecular weight is 649 g/mol. The number of ether oxygens (including phenoxy) is 2. The molecule has 250 valence electrons. The molecule has 2 fully saturated rings. The van der Waals surface area contributed by atoms with Crippen molar-refractivity contribution in [1.29, 1.82) is 0 Å². The van der Waals surface area contributed by atoms with Crippen LogP contribution in [0, 0.1) is 11.8 Å². The molecule has 10 heteroatoms. The number of rotatable bonds is 2. The lowest BCUT2D eigenvalue weighted by molar-refractivity contribution is 0.0208. The van der Waals surface area contributed by atoms with E-state index in [4.69, 9.17) is 19.4 Å². The predicted molar refractivity (Wildman–Crippen MR) is 183 cm³/mol. The van der Waals surface area contributed by atoms with E-state index in [2.05, 4.69) is 40.0 Å². The van der Waals surface area contributed by atoms with Gasteiger partial charge < -0.3 is 19.4 Å². The molecular weight excluding hydrogens is 604 g/mol. The van der Waals surface area contributed by atoms with Gasteiger partial charge in [0.1, 0.15) is 22.9 Å². The zero-order valence-electron chi connectivity index (χ0n) is 28.7. The first-order valence-electron chi connectivity index (χ1n) is 17.0. The molecule has 0 spiro atoms. The van der Waals surface area contributed by atoms with Gasteiger partial charge in [-0.2, -0.15) is 0 Å². The number of nitrogens with one attached hydrogen (secondary N) is 2. The molecule has 2 aromatic heterocycles. The number of hydrogen-bond acceptors (Lipinski definition) is 6. The maximum atomic E-state index is 12.9. The normalized spacial score (nSPS) is 19.1. The number of nitrogens with zero attached hydrogens (tertiary/aromatic N) is 4. The van der Waals surface area contributed by atoms with Crippen molar-refractivity contribution in [1.82, 2.24) is 29.7 Å². The molecule has 0 saturated carbocycles. The van der Waals surface area contributed by atoms with Gasteiger partial charge in [-0.3, -0.25) is 9.80 Å². The van der Waals surface area contributed by atoms with Crippen LogP contribution in [0.3, 0.4) is 0 Å². The van der Waals surface area contributed by atoms with Crippen LogP contribution in [0.2, 0.25) is 0 Å². The van der Waals surface area contributed by atoms with Crippen LogP contribution in [0.1, 0.15) is 113 Å². The van der Waals surface area contributed by atoms with E-state index in [1.54, 1.807) is 4.90 Å². The summed E-state index contributed by atoms with van der Waals surface area (Å²) in [4.78, 5) is 46.1. The second-order valence-electron chi connectivity index (χ2n) is 15.1. The summed E-state index contributed by atoms with van der Waals surface area (Å²) in [6.07, 6.45) is 4.68. The second kappa shape index (κ2) is 12.0. The Balaban J connectivity index is 1.07. The van der Waals surface area contributed by atoms with Gasteiger partial charge in [0.25, 0.3) is 0 Å². The predicted octanol–water partition coefficient (Wildman–Crippen LogP) is 7.60. The van der Waals surface area contributed by atoms with Gasteiger partial charge in [0.15, 0.2) is 0 Å². The van der Waals surface area contributed by atoms with Gasteiger partial charge in [-0.25, -0.2) is 19.6 Å². The van der Waals surface area contributed by atoms with Crippen molar-refractivity contribution in [3.8, 4) is 23.1 Å². The van der Waals surface area contributed by atoms with E-state index in [0.717, 1.165) is 89.3 Å². The monoisotopic (exact) mass is 648 g/mol. The third-order valence-electron chi connectivity index (χ3n) is 9.05. The van der Waals surface area contributed by atoms with Crippen LogP contribution in [0.4, 0.5) is 9.59 Å².